The van der Waals surface area contributed by atoms with E-state index in [0.717, 1.165) is 5.56 Å². The molecule has 0 spiro atoms. The minimum atomic E-state index is -0.161. The van der Waals surface area contributed by atoms with Gasteiger partial charge in [-0.15, -0.1) is 0 Å². The zero-order valence-electron chi connectivity index (χ0n) is 10.7. The summed E-state index contributed by atoms with van der Waals surface area (Å²) in [4.78, 5) is 12.3. The van der Waals surface area contributed by atoms with Crippen LogP contribution in [0.1, 0.15) is 15.9 Å². The van der Waals surface area contributed by atoms with Gasteiger partial charge in [-0.05, 0) is 35.9 Å². The largest absolute Gasteiger partial charge is 0.493 e. The number of carbonyl (C=O) groups is 1. The van der Waals surface area contributed by atoms with E-state index in [0.29, 0.717) is 17.0 Å². The lowest BCUT2D eigenvalue weighted by molar-refractivity contribution is 0.0957. The van der Waals surface area contributed by atoms with Crippen LogP contribution in [-0.4, -0.2) is 12.9 Å². The number of rotatable bonds is 4. The Kier molecular flexibility index (Phi) is 3.98. The Hall–Kier alpha value is -2.55. The van der Waals surface area contributed by atoms with Gasteiger partial charge in [0.2, 0.25) is 5.78 Å². The van der Waals surface area contributed by atoms with Crippen LogP contribution in [0.3, 0.4) is 0 Å². The van der Waals surface area contributed by atoms with Crippen LogP contribution in [0, 0.1) is 0 Å². The van der Waals surface area contributed by atoms with E-state index < -0.39 is 0 Å². The van der Waals surface area contributed by atoms with Gasteiger partial charge in [-0.3, -0.25) is 4.79 Å². The number of Topliss-reactive ketones (excluding diaryl/α,β-unsaturated/α-hetero) is 1. The van der Waals surface area contributed by atoms with Crippen LogP contribution in [0.25, 0.3) is 6.08 Å². The summed E-state index contributed by atoms with van der Waals surface area (Å²) >= 11 is 0. The molecule has 2 aromatic rings. The molecule has 0 radical (unpaired) electrons. The van der Waals surface area contributed by atoms with E-state index in [1.54, 1.807) is 30.3 Å². The first-order valence-electron chi connectivity index (χ1n) is 5.91. The summed E-state index contributed by atoms with van der Waals surface area (Å²) in [6.07, 6.45) is 1.72. The SMILES string of the molecule is COC(=Cc1ccccc1)C(=O)c1ccc(N)cc1. The monoisotopic (exact) mass is 253 g/mol. The number of nitrogens with two attached hydrogens (primary N) is 1. The molecule has 0 saturated carbocycles. The molecule has 0 saturated heterocycles. The maximum Gasteiger partial charge on any atom is 0.227 e. The Morgan fingerprint density at radius 2 is 1.68 bits per heavy atom. The zero-order valence-corrected chi connectivity index (χ0v) is 10.7. The fraction of sp³-hybridized carbons (Fsp3) is 0.0625. The minimum Gasteiger partial charge on any atom is -0.493 e. The molecule has 0 atom stereocenters. The first-order chi connectivity index (χ1) is 9.20. The molecule has 19 heavy (non-hydrogen) atoms. The van der Waals surface area contributed by atoms with Gasteiger partial charge in [0.05, 0.1) is 7.11 Å². The van der Waals surface area contributed by atoms with Crippen LogP contribution >= 0.6 is 0 Å². The van der Waals surface area contributed by atoms with Crippen LogP contribution in [0.2, 0.25) is 0 Å². The molecule has 96 valence electrons. The third-order valence-corrected chi connectivity index (χ3v) is 2.71. The number of carbonyl (C=O) groups excluding carboxylic acids is 1. The van der Waals surface area contributed by atoms with Crippen LogP contribution in [0.4, 0.5) is 5.69 Å². The van der Waals surface area contributed by atoms with Gasteiger partial charge in [-0.2, -0.15) is 0 Å². The number of benzene rings is 2. The Balaban J connectivity index is 2.29. The fourth-order valence-electron chi connectivity index (χ4n) is 1.69. The van der Waals surface area contributed by atoms with Crippen LogP contribution in [-0.2, 0) is 4.74 Å². The third-order valence-electron chi connectivity index (χ3n) is 2.71. The summed E-state index contributed by atoms with van der Waals surface area (Å²) in [6, 6.07) is 16.3. The zero-order chi connectivity index (χ0) is 13.7. The molecule has 2 rings (SSSR count). The Bertz CT molecular complexity index is 586. The lowest BCUT2D eigenvalue weighted by atomic mass is 10.1. The molecule has 3 heteroatoms. The summed E-state index contributed by atoms with van der Waals surface area (Å²) in [5.74, 6) is 0.141. The highest BCUT2D eigenvalue weighted by atomic mass is 16.5. The predicted molar refractivity (Wildman–Crippen MR) is 76.6 cm³/mol. The van der Waals surface area contributed by atoms with Gasteiger partial charge in [0.25, 0.3) is 0 Å². The second-order valence-corrected chi connectivity index (χ2v) is 4.07. The van der Waals surface area contributed by atoms with Gasteiger partial charge >= 0.3 is 0 Å². The van der Waals surface area contributed by atoms with Crippen molar-refractivity contribution in [1.82, 2.24) is 0 Å². The van der Waals surface area contributed by atoms with Gasteiger partial charge in [-0.25, -0.2) is 0 Å². The molecule has 0 bridgehead atoms. The van der Waals surface area contributed by atoms with Crippen molar-refractivity contribution in [3.63, 3.8) is 0 Å². The van der Waals surface area contributed by atoms with Crippen molar-refractivity contribution < 1.29 is 9.53 Å². The standard InChI is InChI=1S/C16H15NO2/c1-19-15(11-12-5-3-2-4-6-12)16(18)13-7-9-14(17)10-8-13/h2-11H,17H2,1H3. The van der Waals surface area contributed by atoms with Gasteiger partial charge in [-0.1, -0.05) is 30.3 Å². The second kappa shape index (κ2) is 5.87. The molecule has 0 aromatic heterocycles. The minimum absolute atomic E-state index is 0.161. The third kappa shape index (κ3) is 3.22. The molecule has 0 heterocycles. The van der Waals surface area contributed by atoms with Crippen molar-refractivity contribution in [3.05, 3.63) is 71.5 Å². The van der Waals surface area contributed by atoms with E-state index in [9.17, 15) is 4.79 Å². The van der Waals surface area contributed by atoms with Crippen molar-refractivity contribution in [3.8, 4) is 0 Å². The molecule has 2 aromatic carbocycles. The fourth-order valence-corrected chi connectivity index (χ4v) is 1.69. The molecule has 0 aliphatic carbocycles. The molecule has 2 N–H and O–H groups in total. The van der Waals surface area contributed by atoms with E-state index in [2.05, 4.69) is 0 Å². The van der Waals surface area contributed by atoms with Gasteiger partial charge < -0.3 is 10.5 Å². The molecular weight excluding hydrogens is 238 g/mol. The number of hydrogen-bond donors (Lipinski definition) is 1. The Labute approximate surface area is 112 Å². The molecule has 0 unspecified atom stereocenters. The molecule has 0 aliphatic rings. The first-order valence-corrected chi connectivity index (χ1v) is 5.91. The lowest BCUT2D eigenvalue weighted by Crippen LogP contribution is -2.05. The van der Waals surface area contributed by atoms with E-state index >= 15 is 0 Å². The average molecular weight is 253 g/mol. The number of anilines is 1. The molecule has 0 aliphatic heterocycles. The normalized spacial score (nSPS) is 11.1. The van der Waals surface area contributed by atoms with Crippen molar-refractivity contribution in [2.24, 2.45) is 0 Å². The lowest BCUT2D eigenvalue weighted by Gasteiger charge is -2.06. The Morgan fingerprint density at radius 1 is 1.05 bits per heavy atom. The number of allylic oxidation sites excluding steroid dienone is 1. The van der Waals surface area contributed by atoms with Gasteiger partial charge in [0.1, 0.15) is 0 Å². The number of ketones is 1. The molecule has 3 nitrogen and oxygen atoms in total. The van der Waals surface area contributed by atoms with E-state index in [1.165, 1.54) is 7.11 Å². The molecule has 0 fully saturated rings. The quantitative estimate of drug-likeness (QED) is 0.394. The highest BCUT2D eigenvalue weighted by Gasteiger charge is 2.12. The van der Waals surface area contributed by atoms with Gasteiger partial charge in [0.15, 0.2) is 5.76 Å². The number of nitrogen functional groups attached to an aromatic ring is 1. The van der Waals surface area contributed by atoms with Crippen LogP contribution in [0.5, 0.6) is 0 Å². The first kappa shape index (κ1) is 12.9. The average Bonchev–Trinajstić information content (AvgIpc) is 2.46. The number of ether oxygens (including phenoxy) is 1. The van der Waals surface area contributed by atoms with Gasteiger partial charge in [0, 0.05) is 11.3 Å². The summed E-state index contributed by atoms with van der Waals surface area (Å²) in [5, 5.41) is 0. The maximum atomic E-state index is 12.3. The number of methoxy groups -OCH3 is 1. The highest BCUT2D eigenvalue weighted by molar-refractivity contribution is 6.09. The van der Waals surface area contributed by atoms with E-state index in [4.69, 9.17) is 10.5 Å². The van der Waals surface area contributed by atoms with Crippen molar-refractivity contribution >= 4 is 17.5 Å². The topological polar surface area (TPSA) is 52.3 Å². The maximum absolute atomic E-state index is 12.3. The van der Waals surface area contributed by atoms with Crippen molar-refractivity contribution in [2.45, 2.75) is 0 Å². The summed E-state index contributed by atoms with van der Waals surface area (Å²) in [6.45, 7) is 0. The Morgan fingerprint density at radius 3 is 2.26 bits per heavy atom. The molecule has 0 amide bonds. The summed E-state index contributed by atoms with van der Waals surface area (Å²) in [7, 11) is 1.49. The smallest absolute Gasteiger partial charge is 0.227 e. The van der Waals surface area contributed by atoms with E-state index in [1.807, 2.05) is 30.3 Å². The second-order valence-electron chi connectivity index (χ2n) is 4.07. The highest BCUT2D eigenvalue weighted by Crippen LogP contribution is 2.14. The summed E-state index contributed by atoms with van der Waals surface area (Å²) < 4.78 is 5.18. The van der Waals surface area contributed by atoms with Crippen LogP contribution in [0.15, 0.2) is 60.4 Å². The predicted octanol–water partition coefficient (Wildman–Crippen LogP) is 3.14. The summed E-state index contributed by atoms with van der Waals surface area (Å²) in [5.41, 5.74) is 7.70. The molecular formula is C16H15NO2. The van der Waals surface area contributed by atoms with E-state index in [-0.39, 0.29) is 5.78 Å². The van der Waals surface area contributed by atoms with Crippen molar-refractivity contribution in [2.75, 3.05) is 12.8 Å². The number of hydrogen-bond acceptors (Lipinski definition) is 3. The van der Waals surface area contributed by atoms with Crippen molar-refractivity contribution in [1.29, 1.82) is 0 Å². The van der Waals surface area contributed by atoms with Crippen LogP contribution < -0.4 is 5.73 Å².